The number of benzene rings is 2. The minimum atomic E-state index is -0.278. The quantitative estimate of drug-likeness (QED) is 0.542. The van der Waals surface area contributed by atoms with Crippen LogP contribution in [-0.4, -0.2) is 25.3 Å². The maximum atomic E-state index is 12.1. The number of nitrogens with one attached hydrogen (secondary N) is 1. The monoisotopic (exact) mass is 374 g/mol. The third-order valence-electron chi connectivity index (χ3n) is 3.48. The highest BCUT2D eigenvalue weighted by atomic mass is 35.5. The fourth-order valence-corrected chi connectivity index (χ4v) is 2.48. The van der Waals surface area contributed by atoms with Gasteiger partial charge in [0.1, 0.15) is 0 Å². The zero-order chi connectivity index (χ0) is 18.9. The molecule has 5 nitrogen and oxygen atoms in total. The lowest BCUT2D eigenvalue weighted by Gasteiger charge is -2.13. The van der Waals surface area contributed by atoms with E-state index in [2.05, 4.69) is 10.5 Å². The molecule has 0 saturated heterocycles. The van der Waals surface area contributed by atoms with Crippen LogP contribution < -0.4 is 14.9 Å². The number of carbonyl (C=O) groups excluding carboxylic acids is 1. The Kier molecular flexibility index (Phi) is 7.48. The second-order valence-corrected chi connectivity index (χ2v) is 6.08. The summed E-state index contributed by atoms with van der Waals surface area (Å²) in [7, 11) is 0. The highest BCUT2D eigenvalue weighted by Gasteiger charge is 2.12. The van der Waals surface area contributed by atoms with Crippen molar-refractivity contribution in [3.8, 4) is 11.5 Å². The maximum absolute atomic E-state index is 12.1. The minimum Gasteiger partial charge on any atom is -0.490 e. The van der Waals surface area contributed by atoms with Crippen molar-refractivity contribution in [2.24, 2.45) is 5.10 Å². The van der Waals surface area contributed by atoms with Crippen molar-refractivity contribution in [1.29, 1.82) is 0 Å². The molecule has 0 aliphatic heterocycles. The molecule has 0 atom stereocenters. The molecule has 0 unspecified atom stereocenters. The van der Waals surface area contributed by atoms with Crippen molar-refractivity contribution in [2.75, 3.05) is 13.2 Å². The number of hydrogen-bond donors (Lipinski definition) is 1. The Morgan fingerprint density at radius 2 is 1.92 bits per heavy atom. The number of carbonyl (C=O) groups is 1. The smallest absolute Gasteiger partial charge is 0.271 e. The van der Waals surface area contributed by atoms with Gasteiger partial charge < -0.3 is 9.47 Å². The molecule has 2 aromatic rings. The molecule has 26 heavy (non-hydrogen) atoms. The molecule has 0 spiro atoms. The zero-order valence-electron chi connectivity index (χ0n) is 15.2. The van der Waals surface area contributed by atoms with Crippen molar-refractivity contribution < 1.29 is 14.3 Å². The molecule has 1 N–H and O–H groups in total. The van der Waals surface area contributed by atoms with Gasteiger partial charge in [0, 0.05) is 5.56 Å². The zero-order valence-corrected chi connectivity index (χ0v) is 16.0. The lowest BCUT2D eigenvalue weighted by molar-refractivity contribution is 0.0955. The van der Waals surface area contributed by atoms with E-state index in [1.807, 2.05) is 32.9 Å². The molecule has 0 radical (unpaired) electrons. The number of nitrogens with zero attached hydrogens (tertiary/aromatic N) is 1. The normalized spacial score (nSPS) is 10.8. The summed E-state index contributed by atoms with van der Waals surface area (Å²) >= 11 is 6.30. The van der Waals surface area contributed by atoms with Crippen LogP contribution >= 0.6 is 11.6 Å². The summed E-state index contributed by atoms with van der Waals surface area (Å²) in [5.41, 5.74) is 4.84. The predicted molar refractivity (Wildman–Crippen MR) is 105 cm³/mol. The SMILES string of the molecule is CCCOc1c(Cl)cc(/C=N\NC(=O)c2ccc(C)cc2)cc1OCC. The van der Waals surface area contributed by atoms with Crippen LogP contribution in [0, 0.1) is 6.92 Å². The molecule has 1 amide bonds. The molecule has 0 bridgehead atoms. The van der Waals surface area contributed by atoms with E-state index in [1.54, 1.807) is 24.3 Å². The fourth-order valence-electron chi connectivity index (χ4n) is 2.20. The van der Waals surface area contributed by atoms with Crippen LogP contribution in [0.5, 0.6) is 11.5 Å². The molecule has 138 valence electrons. The second-order valence-electron chi connectivity index (χ2n) is 5.68. The van der Waals surface area contributed by atoms with E-state index in [9.17, 15) is 4.79 Å². The Morgan fingerprint density at radius 1 is 1.19 bits per heavy atom. The first-order valence-corrected chi connectivity index (χ1v) is 8.92. The number of ether oxygens (including phenoxy) is 2. The first kappa shape index (κ1) is 19.8. The summed E-state index contributed by atoms with van der Waals surface area (Å²) in [5.74, 6) is 0.802. The average Bonchev–Trinajstić information content (AvgIpc) is 2.62. The Bertz CT molecular complexity index is 773. The third-order valence-corrected chi connectivity index (χ3v) is 3.76. The van der Waals surface area contributed by atoms with Crippen LogP contribution in [-0.2, 0) is 0 Å². The lowest BCUT2D eigenvalue weighted by atomic mass is 10.1. The van der Waals surface area contributed by atoms with E-state index in [0.29, 0.717) is 40.9 Å². The van der Waals surface area contributed by atoms with Crippen LogP contribution in [0.3, 0.4) is 0 Å². The van der Waals surface area contributed by atoms with Crippen LogP contribution in [0.2, 0.25) is 5.02 Å². The van der Waals surface area contributed by atoms with Gasteiger partial charge in [0.2, 0.25) is 0 Å². The van der Waals surface area contributed by atoms with Gasteiger partial charge in [-0.25, -0.2) is 5.43 Å². The number of amides is 1. The molecule has 6 heteroatoms. The van der Waals surface area contributed by atoms with Crippen LogP contribution in [0.15, 0.2) is 41.5 Å². The molecular weight excluding hydrogens is 352 g/mol. The van der Waals surface area contributed by atoms with Gasteiger partial charge >= 0.3 is 0 Å². The van der Waals surface area contributed by atoms with E-state index in [0.717, 1.165) is 12.0 Å². The molecule has 0 heterocycles. The molecule has 0 aromatic heterocycles. The predicted octanol–water partition coefficient (Wildman–Crippen LogP) is 4.60. The summed E-state index contributed by atoms with van der Waals surface area (Å²) in [5, 5.41) is 4.44. The number of aryl methyl sites for hydroxylation is 1. The van der Waals surface area contributed by atoms with Gasteiger partial charge in [-0.1, -0.05) is 36.2 Å². The molecule has 0 aliphatic rings. The highest BCUT2D eigenvalue weighted by molar-refractivity contribution is 6.32. The third kappa shape index (κ3) is 5.49. The van der Waals surface area contributed by atoms with E-state index in [4.69, 9.17) is 21.1 Å². The van der Waals surface area contributed by atoms with Crippen molar-refractivity contribution in [1.82, 2.24) is 5.43 Å². The van der Waals surface area contributed by atoms with Crippen LogP contribution in [0.4, 0.5) is 0 Å². The summed E-state index contributed by atoms with van der Waals surface area (Å²) in [6, 6.07) is 10.8. The van der Waals surface area contributed by atoms with Gasteiger partial charge in [-0.3, -0.25) is 4.79 Å². The summed E-state index contributed by atoms with van der Waals surface area (Å²) < 4.78 is 11.3. The van der Waals surface area contributed by atoms with Gasteiger partial charge in [-0.15, -0.1) is 0 Å². The first-order valence-electron chi connectivity index (χ1n) is 8.54. The number of rotatable bonds is 8. The summed E-state index contributed by atoms with van der Waals surface area (Å²) in [6.07, 6.45) is 2.39. The maximum Gasteiger partial charge on any atom is 0.271 e. The van der Waals surface area contributed by atoms with E-state index in [1.165, 1.54) is 6.21 Å². The number of halogens is 1. The van der Waals surface area contributed by atoms with E-state index in [-0.39, 0.29) is 5.91 Å². The van der Waals surface area contributed by atoms with E-state index < -0.39 is 0 Å². The Labute approximate surface area is 159 Å². The second kappa shape index (κ2) is 9.82. The highest BCUT2D eigenvalue weighted by Crippen LogP contribution is 2.36. The van der Waals surface area contributed by atoms with E-state index >= 15 is 0 Å². The van der Waals surface area contributed by atoms with Crippen molar-refractivity contribution in [2.45, 2.75) is 27.2 Å². The molecule has 0 saturated carbocycles. The van der Waals surface area contributed by atoms with Gasteiger partial charge in [0.25, 0.3) is 5.91 Å². The molecule has 2 rings (SSSR count). The van der Waals surface area contributed by atoms with Crippen LogP contribution in [0.1, 0.15) is 41.8 Å². The Balaban J connectivity index is 2.11. The van der Waals surface area contributed by atoms with Gasteiger partial charge in [-0.05, 0) is 50.1 Å². The standard InChI is InChI=1S/C20H23ClN2O3/c1-4-10-26-19-17(21)11-15(12-18(19)25-5-2)13-22-23-20(24)16-8-6-14(3)7-9-16/h6-9,11-13H,4-5,10H2,1-3H3,(H,23,24)/b22-13-. The minimum absolute atomic E-state index is 0.278. The first-order chi connectivity index (χ1) is 12.5. The molecule has 0 aliphatic carbocycles. The Morgan fingerprint density at radius 3 is 2.58 bits per heavy atom. The average molecular weight is 375 g/mol. The van der Waals surface area contributed by atoms with Gasteiger partial charge in [0.05, 0.1) is 24.5 Å². The topological polar surface area (TPSA) is 59.9 Å². The molecule has 2 aromatic carbocycles. The molecule has 0 fully saturated rings. The summed E-state index contributed by atoms with van der Waals surface area (Å²) in [6.45, 7) is 6.92. The van der Waals surface area contributed by atoms with Gasteiger partial charge in [-0.2, -0.15) is 5.10 Å². The number of hydrogen-bond acceptors (Lipinski definition) is 4. The van der Waals surface area contributed by atoms with Crippen LogP contribution in [0.25, 0.3) is 0 Å². The van der Waals surface area contributed by atoms with Crippen molar-refractivity contribution in [3.05, 3.63) is 58.1 Å². The van der Waals surface area contributed by atoms with Gasteiger partial charge in [0.15, 0.2) is 11.5 Å². The number of hydrazone groups is 1. The van der Waals surface area contributed by atoms with Crippen molar-refractivity contribution >= 4 is 23.7 Å². The Hall–Kier alpha value is -2.53. The fraction of sp³-hybridized carbons (Fsp3) is 0.300. The largest absolute Gasteiger partial charge is 0.490 e. The lowest BCUT2D eigenvalue weighted by Crippen LogP contribution is -2.17. The molecular formula is C20H23ClN2O3. The summed E-state index contributed by atoms with van der Waals surface area (Å²) in [4.78, 5) is 12.1. The van der Waals surface area contributed by atoms with Crippen molar-refractivity contribution in [3.63, 3.8) is 0 Å².